The van der Waals surface area contributed by atoms with E-state index in [1.54, 1.807) is 6.21 Å². The molecule has 2 N–H and O–H groups in total. The van der Waals surface area contributed by atoms with Crippen molar-refractivity contribution in [3.63, 3.8) is 0 Å². The third-order valence-corrected chi connectivity index (χ3v) is 5.28. The number of aryl methyl sites for hydroxylation is 2. The molecule has 0 radical (unpaired) electrons. The predicted molar refractivity (Wildman–Crippen MR) is 101 cm³/mol. The predicted octanol–water partition coefficient (Wildman–Crippen LogP) is 3.26. The van der Waals surface area contributed by atoms with Crippen LogP contribution in [0.4, 0.5) is 5.69 Å². The van der Waals surface area contributed by atoms with Crippen molar-refractivity contribution in [1.29, 1.82) is 0 Å². The van der Waals surface area contributed by atoms with Crippen LogP contribution >= 0.6 is 11.8 Å². The van der Waals surface area contributed by atoms with Gasteiger partial charge >= 0.3 is 0 Å². The Kier molecular flexibility index (Phi) is 5.19. The van der Waals surface area contributed by atoms with Gasteiger partial charge in [0, 0.05) is 16.9 Å². The minimum atomic E-state index is -0.453. The molecule has 0 saturated heterocycles. The van der Waals surface area contributed by atoms with Crippen LogP contribution in [0.3, 0.4) is 0 Å². The molecule has 1 aliphatic rings. The number of hydrogen-bond donors (Lipinski definition) is 2. The number of amides is 2. The van der Waals surface area contributed by atoms with Crippen LogP contribution in [0.15, 0.2) is 52.5 Å². The summed E-state index contributed by atoms with van der Waals surface area (Å²) in [7, 11) is 0. The zero-order chi connectivity index (χ0) is 17.8. The van der Waals surface area contributed by atoms with E-state index in [1.807, 2.05) is 56.3 Å². The first-order chi connectivity index (χ1) is 12.0. The maximum Gasteiger partial charge on any atom is 0.241 e. The van der Waals surface area contributed by atoms with Gasteiger partial charge < -0.3 is 5.32 Å². The average Bonchev–Trinajstić information content (AvgIpc) is 2.58. The molecule has 128 valence electrons. The molecule has 6 heteroatoms. The van der Waals surface area contributed by atoms with E-state index in [0.717, 1.165) is 27.3 Å². The first-order valence-corrected chi connectivity index (χ1v) is 8.87. The molecule has 1 atom stereocenters. The van der Waals surface area contributed by atoms with Crippen molar-refractivity contribution < 1.29 is 9.59 Å². The highest BCUT2D eigenvalue weighted by atomic mass is 32.2. The second-order valence-corrected chi connectivity index (χ2v) is 7.14. The fourth-order valence-electron chi connectivity index (χ4n) is 2.64. The fraction of sp³-hybridized carbons (Fsp3) is 0.211. The Morgan fingerprint density at radius 3 is 2.68 bits per heavy atom. The number of para-hydroxylation sites is 1. The van der Waals surface area contributed by atoms with Gasteiger partial charge in [0.2, 0.25) is 11.8 Å². The highest BCUT2D eigenvalue weighted by Gasteiger charge is 2.28. The molecule has 25 heavy (non-hydrogen) atoms. The number of hydrazone groups is 1. The monoisotopic (exact) mass is 353 g/mol. The van der Waals surface area contributed by atoms with E-state index in [-0.39, 0.29) is 18.2 Å². The van der Waals surface area contributed by atoms with Crippen molar-refractivity contribution in [1.82, 2.24) is 5.43 Å². The zero-order valence-corrected chi connectivity index (χ0v) is 14.9. The molecule has 5 nitrogen and oxygen atoms in total. The molecule has 0 aromatic heterocycles. The van der Waals surface area contributed by atoms with Crippen molar-refractivity contribution >= 4 is 35.5 Å². The summed E-state index contributed by atoms with van der Waals surface area (Å²) in [5, 5.41) is 6.41. The lowest BCUT2D eigenvalue weighted by Crippen LogP contribution is -2.33. The molecule has 0 spiro atoms. The van der Waals surface area contributed by atoms with Crippen LogP contribution in [0, 0.1) is 13.8 Å². The zero-order valence-electron chi connectivity index (χ0n) is 14.1. The van der Waals surface area contributed by atoms with E-state index in [1.165, 1.54) is 11.8 Å². The molecule has 0 saturated carbocycles. The fourth-order valence-corrected chi connectivity index (χ4v) is 3.75. The highest BCUT2D eigenvalue weighted by molar-refractivity contribution is 8.01. The van der Waals surface area contributed by atoms with Gasteiger partial charge in [-0.25, -0.2) is 5.43 Å². The topological polar surface area (TPSA) is 70.6 Å². The highest BCUT2D eigenvalue weighted by Crippen LogP contribution is 2.36. The lowest BCUT2D eigenvalue weighted by atomic mass is 10.0. The summed E-state index contributed by atoms with van der Waals surface area (Å²) >= 11 is 1.40. The number of benzene rings is 2. The van der Waals surface area contributed by atoms with Crippen molar-refractivity contribution in [2.24, 2.45) is 5.10 Å². The molecule has 1 aliphatic heterocycles. The number of carbonyl (C=O) groups excluding carboxylic acids is 2. The van der Waals surface area contributed by atoms with Crippen LogP contribution in [0.2, 0.25) is 0 Å². The van der Waals surface area contributed by atoms with Gasteiger partial charge in [0.25, 0.3) is 0 Å². The Balaban J connectivity index is 1.60. The molecular formula is C19H19N3O2S. The Morgan fingerprint density at radius 2 is 1.92 bits per heavy atom. The van der Waals surface area contributed by atoms with Crippen molar-refractivity contribution in [3.05, 3.63) is 59.2 Å². The second kappa shape index (κ2) is 7.53. The molecule has 0 bridgehead atoms. The molecule has 1 heterocycles. The number of carbonyl (C=O) groups is 2. The molecule has 2 aromatic rings. The lowest BCUT2D eigenvalue weighted by Gasteiger charge is -2.23. The SMILES string of the molecule is Cc1cccc(C)c1/C=N/NC(=O)CC1Sc2ccccc2NC1=O. The smallest absolute Gasteiger partial charge is 0.241 e. The minimum absolute atomic E-state index is 0.0783. The molecule has 1 unspecified atom stereocenters. The van der Waals surface area contributed by atoms with E-state index in [9.17, 15) is 9.59 Å². The number of nitrogens with zero attached hydrogens (tertiary/aromatic N) is 1. The maximum atomic E-state index is 12.1. The number of thioether (sulfide) groups is 1. The van der Waals surface area contributed by atoms with Crippen LogP contribution in [-0.4, -0.2) is 23.3 Å². The minimum Gasteiger partial charge on any atom is -0.324 e. The van der Waals surface area contributed by atoms with Gasteiger partial charge in [0.15, 0.2) is 0 Å². The maximum absolute atomic E-state index is 12.1. The number of hydrogen-bond acceptors (Lipinski definition) is 4. The normalized spacial score (nSPS) is 16.4. The summed E-state index contributed by atoms with van der Waals surface area (Å²) in [6.07, 6.45) is 1.72. The first kappa shape index (κ1) is 17.2. The van der Waals surface area contributed by atoms with E-state index >= 15 is 0 Å². The van der Waals surface area contributed by atoms with Gasteiger partial charge in [-0.2, -0.15) is 5.10 Å². The Bertz CT molecular complexity index is 828. The molecule has 3 rings (SSSR count). The first-order valence-electron chi connectivity index (χ1n) is 7.99. The summed E-state index contributed by atoms with van der Waals surface area (Å²) in [5.74, 6) is -0.438. The second-order valence-electron chi connectivity index (χ2n) is 5.89. The Hall–Kier alpha value is -2.60. The van der Waals surface area contributed by atoms with Crippen LogP contribution in [0.25, 0.3) is 0 Å². The molecular weight excluding hydrogens is 334 g/mol. The van der Waals surface area contributed by atoms with E-state index < -0.39 is 5.25 Å². The molecule has 0 aliphatic carbocycles. The van der Waals surface area contributed by atoms with Gasteiger partial charge in [-0.15, -0.1) is 11.8 Å². The number of anilines is 1. The average molecular weight is 353 g/mol. The van der Waals surface area contributed by atoms with Gasteiger partial charge in [0.05, 0.1) is 17.2 Å². The molecule has 2 amide bonds. The number of fused-ring (bicyclic) bond motifs is 1. The van der Waals surface area contributed by atoms with Gasteiger partial charge in [0.1, 0.15) is 0 Å². The molecule has 2 aromatic carbocycles. The molecule has 0 fully saturated rings. The third kappa shape index (κ3) is 4.09. The van der Waals surface area contributed by atoms with E-state index in [4.69, 9.17) is 0 Å². The summed E-state index contributed by atoms with van der Waals surface area (Å²) in [6, 6.07) is 13.5. The van der Waals surface area contributed by atoms with Crippen molar-refractivity contribution in [3.8, 4) is 0 Å². The Labute approximate surface area is 150 Å². The van der Waals surface area contributed by atoms with Crippen molar-refractivity contribution in [2.45, 2.75) is 30.4 Å². The third-order valence-electron chi connectivity index (χ3n) is 4.00. The standard InChI is InChI=1S/C19H19N3O2S/c1-12-6-5-7-13(2)14(12)11-20-22-18(23)10-17-19(24)21-15-8-3-4-9-16(15)25-17/h3-9,11,17H,10H2,1-2H3,(H,21,24)(H,22,23)/b20-11+. The van der Waals surface area contributed by atoms with Crippen LogP contribution < -0.4 is 10.7 Å². The number of rotatable bonds is 4. The van der Waals surface area contributed by atoms with Gasteiger partial charge in [-0.05, 0) is 37.1 Å². The Morgan fingerprint density at radius 1 is 1.20 bits per heavy atom. The quantitative estimate of drug-likeness (QED) is 0.655. The van der Waals surface area contributed by atoms with E-state index in [2.05, 4.69) is 15.8 Å². The summed E-state index contributed by atoms with van der Waals surface area (Å²) in [5.41, 5.74) is 6.48. The summed E-state index contributed by atoms with van der Waals surface area (Å²) < 4.78 is 0. The van der Waals surface area contributed by atoms with Gasteiger partial charge in [-0.1, -0.05) is 30.3 Å². The summed E-state index contributed by atoms with van der Waals surface area (Å²) in [4.78, 5) is 25.2. The van der Waals surface area contributed by atoms with Gasteiger partial charge in [-0.3, -0.25) is 9.59 Å². The number of nitrogens with one attached hydrogen (secondary N) is 2. The van der Waals surface area contributed by atoms with Crippen LogP contribution in [0.1, 0.15) is 23.1 Å². The van der Waals surface area contributed by atoms with E-state index in [0.29, 0.717) is 0 Å². The largest absolute Gasteiger partial charge is 0.324 e. The van der Waals surface area contributed by atoms with Crippen molar-refractivity contribution in [2.75, 3.05) is 5.32 Å². The lowest BCUT2D eigenvalue weighted by molar-refractivity contribution is -0.124. The van der Waals surface area contributed by atoms with Crippen LogP contribution in [-0.2, 0) is 9.59 Å². The summed E-state index contributed by atoms with van der Waals surface area (Å²) in [6.45, 7) is 3.99. The van der Waals surface area contributed by atoms with Crippen LogP contribution in [0.5, 0.6) is 0 Å².